The molecule has 1 atom stereocenters. The van der Waals surface area contributed by atoms with Crippen molar-refractivity contribution in [3.63, 3.8) is 0 Å². The topological polar surface area (TPSA) is 55.3 Å². The lowest BCUT2D eigenvalue weighted by molar-refractivity contribution is -0.00282. The molecule has 0 spiro atoms. The Morgan fingerprint density at radius 1 is 1.56 bits per heavy atom. The third-order valence-corrected chi connectivity index (χ3v) is 3.37. The van der Waals surface area contributed by atoms with Gasteiger partial charge in [0.1, 0.15) is 0 Å². The molecule has 5 nitrogen and oxygen atoms in total. The number of hydrogen-bond acceptors (Lipinski definition) is 4. The van der Waals surface area contributed by atoms with Crippen molar-refractivity contribution in [2.45, 2.75) is 19.4 Å². The van der Waals surface area contributed by atoms with Gasteiger partial charge in [-0.3, -0.25) is 4.79 Å². The Morgan fingerprint density at radius 3 is 3.06 bits per heavy atom. The van der Waals surface area contributed by atoms with Gasteiger partial charge in [-0.05, 0) is 12.5 Å². The second-order valence-corrected chi connectivity index (χ2v) is 4.75. The molecule has 1 aliphatic rings. The molecule has 0 bridgehead atoms. The van der Waals surface area contributed by atoms with E-state index in [4.69, 9.17) is 27.9 Å². The predicted molar refractivity (Wildman–Crippen MR) is 68.0 cm³/mol. The zero-order valence-corrected chi connectivity index (χ0v) is 11.4. The Bertz CT molecular complexity index is 456. The first-order chi connectivity index (χ1) is 8.63. The van der Waals surface area contributed by atoms with Crippen molar-refractivity contribution >= 4 is 29.1 Å². The van der Waals surface area contributed by atoms with Gasteiger partial charge < -0.3 is 9.64 Å². The van der Waals surface area contributed by atoms with Crippen LogP contribution >= 0.6 is 23.2 Å². The van der Waals surface area contributed by atoms with E-state index in [1.807, 2.05) is 6.92 Å². The Labute approximate surface area is 115 Å². The third-order valence-electron chi connectivity index (χ3n) is 2.91. The number of ether oxygens (including phenoxy) is 1. The first kappa shape index (κ1) is 13.5. The normalized spacial score (nSPS) is 19.9. The highest BCUT2D eigenvalue weighted by Gasteiger charge is 2.28. The molecule has 1 aliphatic heterocycles. The maximum Gasteiger partial charge on any atom is 0.257 e. The van der Waals surface area contributed by atoms with E-state index < -0.39 is 0 Å². The highest BCUT2D eigenvalue weighted by molar-refractivity contribution is 6.34. The lowest BCUT2D eigenvalue weighted by Gasteiger charge is -2.35. The molecule has 1 unspecified atom stereocenters. The summed E-state index contributed by atoms with van der Waals surface area (Å²) in [5, 5.41) is 7.48. The SMILES string of the molecule is CCC1COCCN1C(=O)c1cc(Cl)nnc1Cl. The van der Waals surface area contributed by atoms with Crippen molar-refractivity contribution in [1.82, 2.24) is 15.1 Å². The number of rotatable bonds is 2. The van der Waals surface area contributed by atoms with Crippen LogP contribution in [0, 0.1) is 0 Å². The molecule has 0 aromatic carbocycles. The number of aromatic nitrogens is 2. The molecule has 1 fully saturated rings. The number of carbonyl (C=O) groups is 1. The van der Waals surface area contributed by atoms with Crippen LogP contribution in [0.3, 0.4) is 0 Å². The summed E-state index contributed by atoms with van der Waals surface area (Å²) in [5.74, 6) is -0.174. The summed E-state index contributed by atoms with van der Waals surface area (Å²) in [7, 11) is 0. The molecule has 7 heteroatoms. The van der Waals surface area contributed by atoms with Crippen LogP contribution in [0.4, 0.5) is 0 Å². The first-order valence-electron chi connectivity index (χ1n) is 5.71. The molecular weight excluding hydrogens is 277 g/mol. The summed E-state index contributed by atoms with van der Waals surface area (Å²) in [6.07, 6.45) is 0.829. The molecule has 1 aromatic rings. The number of amides is 1. The quantitative estimate of drug-likeness (QED) is 0.836. The van der Waals surface area contributed by atoms with E-state index in [1.165, 1.54) is 6.07 Å². The monoisotopic (exact) mass is 289 g/mol. The Kier molecular flexibility index (Phi) is 4.37. The van der Waals surface area contributed by atoms with Crippen molar-refractivity contribution in [3.8, 4) is 0 Å². The molecule has 2 heterocycles. The van der Waals surface area contributed by atoms with Crippen LogP contribution in [0.1, 0.15) is 23.7 Å². The van der Waals surface area contributed by atoms with Gasteiger partial charge in [0.25, 0.3) is 5.91 Å². The van der Waals surface area contributed by atoms with Crippen LogP contribution in [0.5, 0.6) is 0 Å². The van der Waals surface area contributed by atoms with Gasteiger partial charge in [-0.2, -0.15) is 0 Å². The van der Waals surface area contributed by atoms with Gasteiger partial charge in [-0.25, -0.2) is 0 Å². The maximum atomic E-state index is 12.4. The lowest BCUT2D eigenvalue weighted by Crippen LogP contribution is -2.48. The fourth-order valence-corrected chi connectivity index (χ4v) is 2.24. The highest BCUT2D eigenvalue weighted by atomic mass is 35.5. The molecule has 0 saturated carbocycles. The molecular formula is C11H13Cl2N3O2. The lowest BCUT2D eigenvalue weighted by atomic mass is 10.1. The highest BCUT2D eigenvalue weighted by Crippen LogP contribution is 2.20. The molecule has 0 aliphatic carbocycles. The van der Waals surface area contributed by atoms with Gasteiger partial charge in [0.05, 0.1) is 24.8 Å². The van der Waals surface area contributed by atoms with Crippen molar-refractivity contribution < 1.29 is 9.53 Å². The van der Waals surface area contributed by atoms with E-state index in [2.05, 4.69) is 10.2 Å². The number of hydrogen-bond donors (Lipinski definition) is 0. The van der Waals surface area contributed by atoms with E-state index in [1.54, 1.807) is 4.90 Å². The minimum atomic E-state index is -0.174. The number of nitrogens with zero attached hydrogens (tertiary/aromatic N) is 3. The van der Waals surface area contributed by atoms with Crippen LogP contribution < -0.4 is 0 Å². The third kappa shape index (κ3) is 2.74. The minimum Gasteiger partial charge on any atom is -0.377 e. The Hall–Kier alpha value is -0.910. The van der Waals surface area contributed by atoms with Crippen LogP contribution in [0.2, 0.25) is 10.3 Å². The van der Waals surface area contributed by atoms with Crippen LogP contribution in [-0.4, -0.2) is 46.8 Å². The van der Waals surface area contributed by atoms with Crippen LogP contribution in [0.15, 0.2) is 6.07 Å². The van der Waals surface area contributed by atoms with Crippen LogP contribution in [-0.2, 0) is 4.74 Å². The van der Waals surface area contributed by atoms with Crippen molar-refractivity contribution in [2.24, 2.45) is 0 Å². The van der Waals surface area contributed by atoms with Gasteiger partial charge >= 0.3 is 0 Å². The predicted octanol–water partition coefficient (Wildman–Crippen LogP) is 2.03. The van der Waals surface area contributed by atoms with E-state index in [0.717, 1.165) is 6.42 Å². The fraction of sp³-hybridized carbons (Fsp3) is 0.545. The van der Waals surface area contributed by atoms with Crippen LogP contribution in [0.25, 0.3) is 0 Å². The largest absolute Gasteiger partial charge is 0.377 e. The minimum absolute atomic E-state index is 0.0641. The second kappa shape index (κ2) is 5.82. The first-order valence-corrected chi connectivity index (χ1v) is 6.46. The second-order valence-electron chi connectivity index (χ2n) is 4.01. The zero-order chi connectivity index (χ0) is 13.1. The van der Waals surface area contributed by atoms with Gasteiger partial charge in [0.15, 0.2) is 10.3 Å². The molecule has 2 rings (SSSR count). The van der Waals surface area contributed by atoms with Crippen molar-refractivity contribution in [1.29, 1.82) is 0 Å². The van der Waals surface area contributed by atoms with E-state index in [-0.39, 0.29) is 27.8 Å². The number of carbonyl (C=O) groups excluding carboxylic acids is 1. The van der Waals surface area contributed by atoms with Crippen molar-refractivity contribution in [3.05, 3.63) is 21.9 Å². The summed E-state index contributed by atoms with van der Waals surface area (Å²) in [5.41, 5.74) is 0.289. The molecule has 1 amide bonds. The van der Waals surface area contributed by atoms with Gasteiger partial charge in [-0.1, -0.05) is 30.1 Å². The fourth-order valence-electron chi connectivity index (χ4n) is 1.92. The molecule has 1 saturated heterocycles. The molecule has 98 valence electrons. The van der Waals surface area contributed by atoms with Gasteiger partial charge in [0, 0.05) is 6.54 Å². The summed E-state index contributed by atoms with van der Waals surface area (Å²) >= 11 is 11.6. The van der Waals surface area contributed by atoms with Crippen molar-refractivity contribution in [2.75, 3.05) is 19.8 Å². The molecule has 1 aromatic heterocycles. The summed E-state index contributed by atoms with van der Waals surface area (Å²) < 4.78 is 5.36. The zero-order valence-electron chi connectivity index (χ0n) is 9.90. The summed E-state index contributed by atoms with van der Waals surface area (Å²) in [6, 6.07) is 1.51. The van der Waals surface area contributed by atoms with E-state index in [0.29, 0.717) is 19.8 Å². The number of halogens is 2. The smallest absolute Gasteiger partial charge is 0.257 e. The van der Waals surface area contributed by atoms with E-state index >= 15 is 0 Å². The Balaban J connectivity index is 2.26. The summed E-state index contributed by atoms with van der Waals surface area (Å²) in [4.78, 5) is 14.2. The molecule has 18 heavy (non-hydrogen) atoms. The molecule has 0 radical (unpaired) electrons. The average molecular weight is 290 g/mol. The van der Waals surface area contributed by atoms with Gasteiger partial charge in [0.2, 0.25) is 0 Å². The maximum absolute atomic E-state index is 12.4. The molecule has 0 N–H and O–H groups in total. The average Bonchev–Trinajstić information content (AvgIpc) is 2.40. The van der Waals surface area contributed by atoms with E-state index in [9.17, 15) is 4.79 Å². The Morgan fingerprint density at radius 2 is 2.33 bits per heavy atom. The standard InChI is InChI=1S/C11H13Cl2N3O2/c1-2-7-6-18-4-3-16(7)11(17)8-5-9(12)14-15-10(8)13/h5,7H,2-4,6H2,1H3. The number of morpholine rings is 1. The van der Waals surface area contributed by atoms with Gasteiger partial charge in [-0.15, -0.1) is 10.2 Å². The summed E-state index contributed by atoms with van der Waals surface area (Å²) in [6.45, 7) is 3.64.